The minimum Gasteiger partial charge on any atom is -0.457 e. The standard InChI is InChI=1S/C23H30N4O6S/c1-4-5-21(29)25-19-8-6-17(7-9-19)20(28)15-33-23(30)18-10-12-27(13-11-18)34(31,32)22-14-26(3)16(2)24-22/h6-9,14,18H,4-5,10-13,15H2,1-3H3,(H,25,29). The number of nitrogens with one attached hydrogen (secondary N) is 1. The third kappa shape index (κ3) is 6.09. The fourth-order valence-corrected chi connectivity index (χ4v) is 5.14. The molecule has 0 saturated carbocycles. The van der Waals surface area contributed by atoms with Gasteiger partial charge in [-0.3, -0.25) is 14.4 Å². The van der Waals surface area contributed by atoms with Crippen molar-refractivity contribution in [2.75, 3.05) is 25.0 Å². The Labute approximate surface area is 199 Å². The van der Waals surface area contributed by atoms with Gasteiger partial charge in [0.05, 0.1) is 5.92 Å². The molecular weight excluding hydrogens is 460 g/mol. The number of Topliss-reactive ketones (excluding diaryl/α,β-unsaturated/α-hetero) is 1. The third-order valence-corrected chi connectivity index (χ3v) is 7.56. The van der Waals surface area contributed by atoms with Gasteiger partial charge in [-0.1, -0.05) is 6.92 Å². The van der Waals surface area contributed by atoms with Crippen LogP contribution in [0.1, 0.15) is 48.8 Å². The van der Waals surface area contributed by atoms with Gasteiger partial charge in [-0.05, 0) is 50.5 Å². The van der Waals surface area contributed by atoms with E-state index in [1.165, 1.54) is 10.5 Å². The number of carbonyl (C=O) groups excluding carboxylic acids is 3. The van der Waals surface area contributed by atoms with E-state index in [1.54, 1.807) is 42.8 Å². The van der Waals surface area contributed by atoms with E-state index in [4.69, 9.17) is 4.74 Å². The number of anilines is 1. The highest BCUT2D eigenvalue weighted by Gasteiger charge is 2.34. The van der Waals surface area contributed by atoms with Gasteiger partial charge in [0.1, 0.15) is 5.82 Å². The topological polar surface area (TPSA) is 128 Å². The molecule has 0 bridgehead atoms. The number of sulfonamides is 1. The molecular formula is C23H30N4O6S. The van der Waals surface area contributed by atoms with E-state index in [0.29, 0.717) is 36.3 Å². The first-order valence-electron chi connectivity index (χ1n) is 11.2. The van der Waals surface area contributed by atoms with E-state index in [9.17, 15) is 22.8 Å². The molecule has 10 nitrogen and oxygen atoms in total. The maximum absolute atomic E-state index is 12.8. The zero-order chi connectivity index (χ0) is 24.9. The van der Waals surface area contributed by atoms with Crippen LogP contribution in [0.4, 0.5) is 5.69 Å². The molecule has 1 aliphatic rings. The van der Waals surface area contributed by atoms with E-state index < -0.39 is 28.5 Å². The summed E-state index contributed by atoms with van der Waals surface area (Å²) in [7, 11) is -1.99. The largest absolute Gasteiger partial charge is 0.457 e. The first-order chi connectivity index (χ1) is 16.1. The maximum Gasteiger partial charge on any atom is 0.309 e. The molecule has 1 amide bonds. The number of ether oxygens (including phenoxy) is 1. The number of carbonyl (C=O) groups is 3. The number of esters is 1. The fourth-order valence-electron chi connectivity index (χ4n) is 3.64. The van der Waals surface area contributed by atoms with Crippen LogP contribution < -0.4 is 5.32 Å². The summed E-state index contributed by atoms with van der Waals surface area (Å²) >= 11 is 0. The van der Waals surface area contributed by atoms with Crippen molar-refractivity contribution in [1.29, 1.82) is 0 Å². The minimum atomic E-state index is -3.72. The molecule has 3 rings (SSSR count). The number of rotatable bonds is 9. The van der Waals surface area contributed by atoms with Gasteiger partial charge in [0.2, 0.25) is 5.91 Å². The molecule has 0 atom stereocenters. The van der Waals surface area contributed by atoms with Crippen molar-refractivity contribution < 1.29 is 27.5 Å². The number of hydrogen-bond acceptors (Lipinski definition) is 7. The summed E-state index contributed by atoms with van der Waals surface area (Å²) in [5, 5.41) is 2.74. The summed E-state index contributed by atoms with van der Waals surface area (Å²) in [6.45, 7) is 3.60. The van der Waals surface area contributed by atoms with Crippen LogP contribution in [0.15, 0.2) is 35.5 Å². The highest BCUT2D eigenvalue weighted by atomic mass is 32.2. The molecule has 1 saturated heterocycles. The van der Waals surface area contributed by atoms with Crippen molar-refractivity contribution in [3.8, 4) is 0 Å². The Morgan fingerprint density at radius 3 is 2.35 bits per heavy atom. The highest BCUT2D eigenvalue weighted by Crippen LogP contribution is 2.24. The van der Waals surface area contributed by atoms with Crippen LogP contribution in [0.25, 0.3) is 0 Å². The summed E-state index contributed by atoms with van der Waals surface area (Å²) in [5.41, 5.74) is 0.961. The van der Waals surface area contributed by atoms with E-state index in [2.05, 4.69) is 10.3 Å². The monoisotopic (exact) mass is 490 g/mol. The Hall–Kier alpha value is -3.05. The molecule has 2 aromatic rings. The number of aryl methyl sites for hydroxylation is 2. The SMILES string of the molecule is CCCC(=O)Nc1ccc(C(=O)COC(=O)C2CCN(S(=O)(=O)c3cn(C)c(C)n3)CC2)cc1. The minimum absolute atomic E-state index is 0.00456. The highest BCUT2D eigenvalue weighted by molar-refractivity contribution is 7.89. The molecule has 1 aliphatic heterocycles. The van der Waals surface area contributed by atoms with Crippen molar-refractivity contribution in [3.05, 3.63) is 41.9 Å². The van der Waals surface area contributed by atoms with Crippen LogP contribution in [-0.4, -0.2) is 59.6 Å². The number of aromatic nitrogens is 2. The average molecular weight is 491 g/mol. The first kappa shape index (κ1) is 25.6. The molecule has 184 valence electrons. The smallest absolute Gasteiger partial charge is 0.309 e. The number of amides is 1. The Morgan fingerprint density at radius 2 is 1.79 bits per heavy atom. The van der Waals surface area contributed by atoms with E-state index in [1.807, 2.05) is 6.92 Å². The van der Waals surface area contributed by atoms with Crippen molar-refractivity contribution >= 4 is 33.4 Å². The Bertz CT molecular complexity index is 1130. The van der Waals surface area contributed by atoms with Crippen molar-refractivity contribution in [3.63, 3.8) is 0 Å². The van der Waals surface area contributed by atoms with Gasteiger partial charge in [0, 0.05) is 44.0 Å². The molecule has 2 heterocycles. The maximum atomic E-state index is 12.8. The van der Waals surface area contributed by atoms with Gasteiger partial charge in [-0.2, -0.15) is 4.31 Å². The third-order valence-electron chi connectivity index (χ3n) is 5.79. The Balaban J connectivity index is 1.48. The summed E-state index contributed by atoms with van der Waals surface area (Å²) in [5.74, 6) is -0.837. The molecule has 1 fully saturated rings. The number of nitrogens with zero attached hydrogens (tertiary/aromatic N) is 3. The number of imidazole rings is 1. The predicted octanol–water partition coefficient (Wildman–Crippen LogP) is 2.29. The quantitative estimate of drug-likeness (QED) is 0.422. The summed E-state index contributed by atoms with van der Waals surface area (Å²) in [4.78, 5) is 40.6. The van der Waals surface area contributed by atoms with E-state index in [0.717, 1.165) is 6.42 Å². The van der Waals surface area contributed by atoms with E-state index >= 15 is 0 Å². The van der Waals surface area contributed by atoms with Crippen molar-refractivity contribution in [2.45, 2.75) is 44.6 Å². The van der Waals surface area contributed by atoms with Gasteiger partial charge in [-0.15, -0.1) is 0 Å². The van der Waals surface area contributed by atoms with E-state index in [-0.39, 0.29) is 29.8 Å². The molecule has 1 N–H and O–H groups in total. The van der Waals surface area contributed by atoms with Gasteiger partial charge in [-0.25, -0.2) is 13.4 Å². The average Bonchev–Trinajstić information content (AvgIpc) is 3.17. The van der Waals surface area contributed by atoms with Crippen LogP contribution in [0.3, 0.4) is 0 Å². The Kier molecular flexibility index (Phi) is 8.21. The van der Waals surface area contributed by atoms with Gasteiger partial charge in [0.25, 0.3) is 10.0 Å². The fraction of sp³-hybridized carbons (Fsp3) is 0.478. The first-order valence-corrected chi connectivity index (χ1v) is 12.7. The summed E-state index contributed by atoms with van der Waals surface area (Å²) in [6.07, 6.45) is 3.26. The number of hydrogen-bond donors (Lipinski definition) is 1. The van der Waals surface area contributed by atoms with Crippen LogP contribution in [-0.2, 0) is 31.4 Å². The molecule has 1 aromatic carbocycles. The lowest BCUT2D eigenvalue weighted by Crippen LogP contribution is -2.41. The predicted molar refractivity (Wildman–Crippen MR) is 125 cm³/mol. The lowest BCUT2D eigenvalue weighted by molar-refractivity contribution is -0.148. The molecule has 0 spiro atoms. The Morgan fingerprint density at radius 1 is 1.15 bits per heavy atom. The second-order valence-electron chi connectivity index (χ2n) is 8.32. The second-order valence-corrected chi connectivity index (χ2v) is 10.2. The van der Waals surface area contributed by atoms with Crippen LogP contribution in [0, 0.1) is 12.8 Å². The number of piperidine rings is 1. The molecule has 0 unspecified atom stereocenters. The van der Waals surface area contributed by atoms with Crippen molar-refractivity contribution in [1.82, 2.24) is 13.9 Å². The van der Waals surface area contributed by atoms with Crippen LogP contribution in [0.2, 0.25) is 0 Å². The van der Waals surface area contributed by atoms with Crippen LogP contribution >= 0.6 is 0 Å². The summed E-state index contributed by atoms with van der Waals surface area (Å²) < 4.78 is 33.7. The van der Waals surface area contributed by atoms with Gasteiger partial charge < -0.3 is 14.6 Å². The molecule has 1 aromatic heterocycles. The second kappa shape index (κ2) is 10.9. The van der Waals surface area contributed by atoms with Crippen LogP contribution in [0.5, 0.6) is 0 Å². The summed E-state index contributed by atoms with van der Waals surface area (Å²) in [6, 6.07) is 6.39. The molecule has 34 heavy (non-hydrogen) atoms. The lowest BCUT2D eigenvalue weighted by Gasteiger charge is -2.29. The van der Waals surface area contributed by atoms with Crippen molar-refractivity contribution in [2.24, 2.45) is 13.0 Å². The molecule has 0 aliphatic carbocycles. The zero-order valence-corrected chi connectivity index (χ0v) is 20.4. The molecule has 11 heteroatoms. The zero-order valence-electron chi connectivity index (χ0n) is 19.6. The normalized spacial score (nSPS) is 15.1. The number of benzene rings is 1. The lowest BCUT2D eigenvalue weighted by atomic mass is 9.98. The van der Waals surface area contributed by atoms with Gasteiger partial charge in [0.15, 0.2) is 17.4 Å². The molecule has 0 radical (unpaired) electrons. The number of ketones is 1. The van der Waals surface area contributed by atoms with Gasteiger partial charge >= 0.3 is 5.97 Å².